The van der Waals surface area contributed by atoms with Crippen LogP contribution in [0.4, 0.5) is 10.1 Å². The van der Waals surface area contributed by atoms with E-state index in [2.05, 4.69) is 0 Å². The van der Waals surface area contributed by atoms with E-state index in [1.165, 1.54) is 25.5 Å². The second-order valence-electron chi connectivity index (χ2n) is 5.51. The summed E-state index contributed by atoms with van der Waals surface area (Å²) in [5.74, 6) is -0.649. The van der Waals surface area contributed by atoms with E-state index in [0.29, 0.717) is 43.0 Å². The molecule has 1 saturated heterocycles. The van der Waals surface area contributed by atoms with E-state index in [9.17, 15) is 14.0 Å². The second-order valence-corrected chi connectivity index (χ2v) is 5.51. The van der Waals surface area contributed by atoms with Crippen LogP contribution in [0.3, 0.4) is 0 Å². The van der Waals surface area contributed by atoms with Crippen LogP contribution in [0, 0.1) is 5.82 Å². The highest BCUT2D eigenvalue weighted by molar-refractivity contribution is 5.94. The number of carbonyl (C=O) groups is 2. The minimum Gasteiger partial charge on any atom is -0.472 e. The van der Waals surface area contributed by atoms with Crippen molar-refractivity contribution in [2.75, 3.05) is 31.1 Å². The van der Waals surface area contributed by atoms with Gasteiger partial charge in [0.15, 0.2) is 5.78 Å². The summed E-state index contributed by atoms with van der Waals surface area (Å²) in [4.78, 5) is 27.1. The Morgan fingerprint density at radius 2 is 1.83 bits per heavy atom. The molecule has 0 bridgehead atoms. The third-order valence-corrected chi connectivity index (χ3v) is 4.03. The molecule has 1 aliphatic rings. The Labute approximate surface area is 133 Å². The van der Waals surface area contributed by atoms with Crippen molar-refractivity contribution in [3.63, 3.8) is 0 Å². The van der Waals surface area contributed by atoms with E-state index < -0.39 is 5.82 Å². The largest absolute Gasteiger partial charge is 0.472 e. The average Bonchev–Trinajstić information content (AvgIpc) is 3.08. The number of piperazine rings is 1. The summed E-state index contributed by atoms with van der Waals surface area (Å²) in [6, 6.07) is 6.15. The van der Waals surface area contributed by atoms with E-state index >= 15 is 0 Å². The monoisotopic (exact) mass is 316 g/mol. The lowest BCUT2D eigenvalue weighted by molar-refractivity contribution is 0.0745. The van der Waals surface area contributed by atoms with E-state index in [0.717, 1.165) is 0 Å². The Balaban J connectivity index is 1.67. The number of ketones is 1. The lowest BCUT2D eigenvalue weighted by Crippen LogP contribution is -2.49. The van der Waals surface area contributed by atoms with E-state index in [1.54, 1.807) is 23.1 Å². The van der Waals surface area contributed by atoms with Crippen LogP contribution in [-0.2, 0) is 0 Å². The normalized spacial score (nSPS) is 14.9. The molecule has 0 unspecified atom stereocenters. The Hall–Kier alpha value is -2.63. The summed E-state index contributed by atoms with van der Waals surface area (Å²) < 4.78 is 19.1. The molecule has 0 N–H and O–H groups in total. The van der Waals surface area contributed by atoms with Crippen LogP contribution in [0.15, 0.2) is 41.2 Å². The van der Waals surface area contributed by atoms with Crippen LogP contribution in [0.2, 0.25) is 0 Å². The lowest BCUT2D eigenvalue weighted by atomic mass is 10.1. The van der Waals surface area contributed by atoms with Crippen LogP contribution in [0.1, 0.15) is 27.6 Å². The van der Waals surface area contributed by atoms with Crippen molar-refractivity contribution in [3.8, 4) is 0 Å². The maximum absolute atomic E-state index is 14.2. The first kappa shape index (κ1) is 15.3. The van der Waals surface area contributed by atoms with Crippen LogP contribution in [0.5, 0.6) is 0 Å². The summed E-state index contributed by atoms with van der Waals surface area (Å²) in [5.41, 5.74) is 1.35. The zero-order valence-electron chi connectivity index (χ0n) is 12.8. The van der Waals surface area contributed by atoms with Gasteiger partial charge in [-0.25, -0.2) is 4.39 Å². The summed E-state index contributed by atoms with van der Waals surface area (Å²) >= 11 is 0. The molecule has 0 aliphatic carbocycles. The summed E-state index contributed by atoms with van der Waals surface area (Å²) in [6.07, 6.45) is 2.89. The van der Waals surface area contributed by atoms with Crippen molar-refractivity contribution in [2.24, 2.45) is 0 Å². The maximum Gasteiger partial charge on any atom is 0.257 e. The molecule has 1 aromatic carbocycles. The van der Waals surface area contributed by atoms with Gasteiger partial charge in [0.25, 0.3) is 5.91 Å². The second kappa shape index (κ2) is 6.24. The first-order chi connectivity index (χ1) is 11.1. The van der Waals surface area contributed by atoms with Gasteiger partial charge in [-0.05, 0) is 31.2 Å². The van der Waals surface area contributed by atoms with Crippen LogP contribution in [0.25, 0.3) is 0 Å². The number of benzene rings is 1. The zero-order valence-corrected chi connectivity index (χ0v) is 12.8. The SMILES string of the molecule is CC(=O)c1ccc(N2CCN(C(=O)c3ccoc3)CC2)c(F)c1. The fourth-order valence-corrected chi connectivity index (χ4v) is 2.70. The zero-order chi connectivity index (χ0) is 16.4. The van der Waals surface area contributed by atoms with Crippen molar-refractivity contribution in [2.45, 2.75) is 6.92 Å². The van der Waals surface area contributed by atoms with Gasteiger partial charge in [0.2, 0.25) is 0 Å². The summed E-state index contributed by atoms with van der Waals surface area (Å²) in [5, 5.41) is 0. The molecule has 5 nitrogen and oxygen atoms in total. The van der Waals surface area contributed by atoms with Gasteiger partial charge in [0, 0.05) is 31.7 Å². The first-order valence-electron chi connectivity index (χ1n) is 7.43. The molecular weight excluding hydrogens is 299 g/mol. The van der Waals surface area contributed by atoms with Gasteiger partial charge in [-0.2, -0.15) is 0 Å². The van der Waals surface area contributed by atoms with Crippen molar-refractivity contribution >= 4 is 17.4 Å². The quantitative estimate of drug-likeness (QED) is 0.817. The molecule has 2 heterocycles. The molecule has 2 aromatic rings. The van der Waals surface area contributed by atoms with Gasteiger partial charge >= 0.3 is 0 Å². The Bertz CT molecular complexity index is 719. The fraction of sp³-hybridized carbons (Fsp3) is 0.294. The number of Topliss-reactive ketones (excluding diaryl/α,β-unsaturated/α-hetero) is 1. The lowest BCUT2D eigenvalue weighted by Gasteiger charge is -2.36. The van der Waals surface area contributed by atoms with Gasteiger partial charge in [0.1, 0.15) is 12.1 Å². The van der Waals surface area contributed by atoms with E-state index in [-0.39, 0.29) is 11.7 Å². The molecular formula is C17H17FN2O3. The molecule has 0 atom stereocenters. The molecule has 1 aliphatic heterocycles. The minimum atomic E-state index is -0.410. The number of furan rings is 1. The van der Waals surface area contributed by atoms with Crippen molar-refractivity contribution in [3.05, 3.63) is 53.7 Å². The Kier molecular flexibility index (Phi) is 4.14. The van der Waals surface area contributed by atoms with Crippen molar-refractivity contribution < 1.29 is 18.4 Å². The average molecular weight is 316 g/mol. The van der Waals surface area contributed by atoms with E-state index in [4.69, 9.17) is 4.42 Å². The predicted molar refractivity (Wildman–Crippen MR) is 83.2 cm³/mol. The predicted octanol–water partition coefficient (Wildman–Crippen LogP) is 2.58. The molecule has 1 aromatic heterocycles. The molecule has 120 valence electrons. The Morgan fingerprint density at radius 1 is 1.09 bits per heavy atom. The maximum atomic E-state index is 14.2. The highest BCUT2D eigenvalue weighted by Crippen LogP contribution is 2.22. The molecule has 3 rings (SSSR count). The molecule has 0 spiro atoms. The van der Waals surface area contributed by atoms with Gasteiger partial charge < -0.3 is 14.2 Å². The van der Waals surface area contributed by atoms with E-state index in [1.807, 2.05) is 4.90 Å². The molecule has 6 heteroatoms. The molecule has 0 radical (unpaired) electrons. The first-order valence-corrected chi connectivity index (χ1v) is 7.43. The van der Waals surface area contributed by atoms with Gasteiger partial charge in [-0.1, -0.05) is 0 Å². The smallest absolute Gasteiger partial charge is 0.257 e. The number of nitrogens with zero attached hydrogens (tertiary/aromatic N) is 2. The van der Waals surface area contributed by atoms with Crippen molar-refractivity contribution in [1.82, 2.24) is 4.90 Å². The van der Waals surface area contributed by atoms with Gasteiger partial charge in [0.05, 0.1) is 17.5 Å². The molecule has 1 fully saturated rings. The number of rotatable bonds is 3. The van der Waals surface area contributed by atoms with Crippen LogP contribution in [-0.4, -0.2) is 42.8 Å². The number of hydrogen-bond acceptors (Lipinski definition) is 4. The number of halogens is 1. The minimum absolute atomic E-state index is 0.0780. The fourth-order valence-electron chi connectivity index (χ4n) is 2.70. The van der Waals surface area contributed by atoms with Crippen LogP contribution >= 0.6 is 0 Å². The number of anilines is 1. The highest BCUT2D eigenvalue weighted by atomic mass is 19.1. The topological polar surface area (TPSA) is 53.8 Å². The summed E-state index contributed by atoms with van der Waals surface area (Å²) in [7, 11) is 0. The van der Waals surface area contributed by atoms with Crippen LogP contribution < -0.4 is 4.90 Å². The number of amides is 1. The number of carbonyl (C=O) groups excluding carboxylic acids is 2. The molecule has 0 saturated carbocycles. The third kappa shape index (κ3) is 3.11. The number of hydrogen-bond donors (Lipinski definition) is 0. The van der Waals surface area contributed by atoms with Gasteiger partial charge in [-0.3, -0.25) is 9.59 Å². The van der Waals surface area contributed by atoms with Crippen molar-refractivity contribution in [1.29, 1.82) is 0 Å². The standard InChI is InChI=1S/C17H17FN2O3/c1-12(21)13-2-3-16(15(18)10-13)19-5-7-20(8-6-19)17(22)14-4-9-23-11-14/h2-4,9-11H,5-8H2,1H3. The molecule has 1 amide bonds. The molecule has 23 heavy (non-hydrogen) atoms. The third-order valence-electron chi connectivity index (χ3n) is 4.03. The summed E-state index contributed by atoms with van der Waals surface area (Å²) in [6.45, 7) is 3.52. The highest BCUT2D eigenvalue weighted by Gasteiger charge is 2.24. The Morgan fingerprint density at radius 3 is 2.39 bits per heavy atom. The van der Waals surface area contributed by atoms with Gasteiger partial charge in [-0.15, -0.1) is 0 Å².